The Balaban J connectivity index is 0.00000121. The van der Waals surface area contributed by atoms with E-state index in [1.165, 1.54) is 12.8 Å². The standard InChI is InChI=1S/C10H20O.Mg/c1-10(2,3)8-4-6-9(11)7-5-8;/h8-9,11H,4-7H2,1-3H3;/q;+2. The summed E-state index contributed by atoms with van der Waals surface area (Å²) in [6.07, 6.45) is 4.45. The van der Waals surface area contributed by atoms with E-state index in [1.54, 1.807) is 0 Å². The zero-order valence-corrected chi connectivity index (χ0v) is 10.1. The van der Waals surface area contributed by atoms with Crippen molar-refractivity contribution in [1.82, 2.24) is 0 Å². The molecule has 2 heteroatoms. The van der Waals surface area contributed by atoms with Crippen molar-refractivity contribution in [3.8, 4) is 0 Å². The predicted octanol–water partition coefficient (Wildman–Crippen LogP) is 2.20. The summed E-state index contributed by atoms with van der Waals surface area (Å²) < 4.78 is 0. The molecule has 0 aliphatic heterocycles. The smallest absolute Gasteiger partial charge is 0.393 e. The molecule has 0 aromatic heterocycles. The van der Waals surface area contributed by atoms with Gasteiger partial charge in [0.2, 0.25) is 0 Å². The van der Waals surface area contributed by atoms with E-state index in [9.17, 15) is 5.11 Å². The minimum absolute atomic E-state index is 0. The number of aliphatic hydroxyl groups excluding tert-OH is 1. The summed E-state index contributed by atoms with van der Waals surface area (Å²) in [7, 11) is 0. The fraction of sp³-hybridized carbons (Fsp3) is 1.00. The Morgan fingerprint density at radius 2 is 1.42 bits per heavy atom. The van der Waals surface area contributed by atoms with E-state index < -0.39 is 0 Å². The van der Waals surface area contributed by atoms with Gasteiger partial charge in [0.15, 0.2) is 0 Å². The molecular formula is C10H20MgO+2. The molecule has 66 valence electrons. The van der Waals surface area contributed by atoms with Gasteiger partial charge in [-0.25, -0.2) is 0 Å². The molecule has 0 bridgehead atoms. The molecule has 1 aliphatic carbocycles. The summed E-state index contributed by atoms with van der Waals surface area (Å²) in [5.74, 6) is 0.825. The third-order valence-corrected chi connectivity index (χ3v) is 2.92. The minimum Gasteiger partial charge on any atom is -0.393 e. The van der Waals surface area contributed by atoms with Gasteiger partial charge in [0.1, 0.15) is 0 Å². The summed E-state index contributed by atoms with van der Waals surface area (Å²) in [5, 5.41) is 9.29. The van der Waals surface area contributed by atoms with Gasteiger partial charge in [0, 0.05) is 0 Å². The van der Waals surface area contributed by atoms with Crippen molar-refractivity contribution in [3.05, 3.63) is 0 Å². The molecule has 0 aromatic rings. The first-order chi connectivity index (χ1) is 5.00. The summed E-state index contributed by atoms with van der Waals surface area (Å²) >= 11 is 0. The Bertz CT molecular complexity index is 120. The number of hydrogen-bond donors (Lipinski definition) is 1. The fourth-order valence-corrected chi connectivity index (χ4v) is 1.94. The number of aliphatic hydroxyl groups is 1. The quantitative estimate of drug-likeness (QED) is 0.567. The van der Waals surface area contributed by atoms with Gasteiger partial charge in [0.25, 0.3) is 0 Å². The Hall–Kier alpha value is 0.726. The first-order valence-electron chi connectivity index (χ1n) is 4.68. The average Bonchev–Trinajstić information content (AvgIpc) is 1.86. The van der Waals surface area contributed by atoms with Gasteiger partial charge in [-0.05, 0) is 37.0 Å². The minimum atomic E-state index is -0.00593. The molecule has 1 nitrogen and oxygen atoms in total. The van der Waals surface area contributed by atoms with Gasteiger partial charge in [0.05, 0.1) is 6.10 Å². The molecule has 0 unspecified atom stereocenters. The van der Waals surface area contributed by atoms with Crippen LogP contribution in [0.2, 0.25) is 0 Å². The molecule has 1 aliphatic rings. The molecule has 0 heterocycles. The van der Waals surface area contributed by atoms with Gasteiger partial charge in [-0.2, -0.15) is 0 Å². The molecule has 0 radical (unpaired) electrons. The van der Waals surface area contributed by atoms with E-state index in [4.69, 9.17) is 0 Å². The maximum atomic E-state index is 9.29. The zero-order chi connectivity index (χ0) is 8.48. The van der Waals surface area contributed by atoms with Crippen LogP contribution in [0.4, 0.5) is 0 Å². The average molecular weight is 181 g/mol. The van der Waals surface area contributed by atoms with E-state index in [0.29, 0.717) is 5.41 Å². The van der Waals surface area contributed by atoms with Gasteiger partial charge in [-0.15, -0.1) is 0 Å². The van der Waals surface area contributed by atoms with Crippen LogP contribution in [0, 0.1) is 11.3 Å². The first kappa shape index (κ1) is 12.7. The van der Waals surface area contributed by atoms with E-state index in [-0.39, 0.29) is 29.2 Å². The maximum Gasteiger partial charge on any atom is 2.00 e. The number of hydrogen-bond acceptors (Lipinski definition) is 1. The van der Waals surface area contributed by atoms with Gasteiger partial charge in [-0.1, -0.05) is 20.8 Å². The van der Waals surface area contributed by atoms with Crippen LogP contribution < -0.4 is 0 Å². The van der Waals surface area contributed by atoms with Gasteiger partial charge < -0.3 is 5.11 Å². The zero-order valence-electron chi connectivity index (χ0n) is 8.64. The van der Waals surface area contributed by atoms with Crippen LogP contribution in [0.5, 0.6) is 0 Å². The SMILES string of the molecule is CC(C)(C)C1CCC(O)CC1.[Mg+2]. The Morgan fingerprint density at radius 1 is 1.00 bits per heavy atom. The Kier molecular flexibility index (Phi) is 5.11. The largest absolute Gasteiger partial charge is 2.00 e. The number of rotatable bonds is 0. The molecule has 1 N–H and O–H groups in total. The van der Waals surface area contributed by atoms with Crippen molar-refractivity contribution < 1.29 is 5.11 Å². The predicted molar refractivity (Wildman–Crippen MR) is 53.2 cm³/mol. The monoisotopic (exact) mass is 180 g/mol. The molecule has 12 heavy (non-hydrogen) atoms. The van der Waals surface area contributed by atoms with Crippen molar-refractivity contribution in [3.63, 3.8) is 0 Å². The van der Waals surface area contributed by atoms with Crippen molar-refractivity contribution in [2.75, 3.05) is 0 Å². The van der Waals surface area contributed by atoms with Crippen molar-refractivity contribution >= 4 is 23.1 Å². The molecule has 1 saturated carbocycles. The maximum absolute atomic E-state index is 9.29. The molecule has 0 spiro atoms. The normalized spacial score (nSPS) is 31.0. The topological polar surface area (TPSA) is 20.2 Å². The van der Waals surface area contributed by atoms with E-state index in [0.717, 1.165) is 18.8 Å². The van der Waals surface area contributed by atoms with Crippen molar-refractivity contribution in [2.24, 2.45) is 11.3 Å². The summed E-state index contributed by atoms with van der Waals surface area (Å²) in [5.41, 5.74) is 0.445. The van der Waals surface area contributed by atoms with Crippen molar-refractivity contribution in [1.29, 1.82) is 0 Å². The third kappa shape index (κ3) is 3.63. The first-order valence-corrected chi connectivity index (χ1v) is 4.68. The van der Waals surface area contributed by atoms with E-state index in [2.05, 4.69) is 20.8 Å². The van der Waals surface area contributed by atoms with Crippen LogP contribution in [0.1, 0.15) is 46.5 Å². The molecule has 0 aromatic carbocycles. The molecular weight excluding hydrogens is 160 g/mol. The van der Waals surface area contributed by atoms with Crippen LogP contribution in [-0.4, -0.2) is 34.3 Å². The molecule has 0 atom stereocenters. The van der Waals surface area contributed by atoms with Crippen LogP contribution in [0.15, 0.2) is 0 Å². The molecule has 1 fully saturated rings. The summed E-state index contributed by atoms with van der Waals surface area (Å²) in [6, 6.07) is 0. The second-order valence-electron chi connectivity index (χ2n) is 4.87. The second-order valence-corrected chi connectivity index (χ2v) is 4.87. The molecule has 1 rings (SSSR count). The van der Waals surface area contributed by atoms with Crippen LogP contribution in [0.25, 0.3) is 0 Å². The third-order valence-electron chi connectivity index (χ3n) is 2.92. The van der Waals surface area contributed by atoms with Crippen LogP contribution >= 0.6 is 0 Å². The van der Waals surface area contributed by atoms with Crippen molar-refractivity contribution in [2.45, 2.75) is 52.6 Å². The summed E-state index contributed by atoms with van der Waals surface area (Å²) in [6.45, 7) is 6.90. The van der Waals surface area contributed by atoms with Gasteiger partial charge >= 0.3 is 23.1 Å². The summed E-state index contributed by atoms with van der Waals surface area (Å²) in [4.78, 5) is 0. The van der Waals surface area contributed by atoms with E-state index in [1.807, 2.05) is 0 Å². The van der Waals surface area contributed by atoms with Crippen LogP contribution in [-0.2, 0) is 0 Å². The molecule has 0 saturated heterocycles. The van der Waals surface area contributed by atoms with E-state index >= 15 is 0 Å². The Labute approximate surface area is 92.1 Å². The fourth-order valence-electron chi connectivity index (χ4n) is 1.94. The Morgan fingerprint density at radius 3 is 1.75 bits per heavy atom. The molecule has 0 amide bonds. The van der Waals surface area contributed by atoms with Crippen LogP contribution in [0.3, 0.4) is 0 Å². The van der Waals surface area contributed by atoms with Gasteiger partial charge in [-0.3, -0.25) is 0 Å². The second kappa shape index (κ2) is 4.82.